The Morgan fingerprint density at radius 1 is 1.43 bits per heavy atom. The fourth-order valence-corrected chi connectivity index (χ4v) is 0.876. The summed E-state index contributed by atoms with van der Waals surface area (Å²) in [6, 6.07) is 0. The minimum Gasteiger partial charge on any atom is -0.441 e. The number of rotatable bonds is 2. The lowest BCUT2D eigenvalue weighted by Crippen LogP contribution is -1.73. The van der Waals surface area contributed by atoms with Gasteiger partial charge in [0.15, 0.2) is 11.7 Å². The molecule has 78 valence electrons. The van der Waals surface area contributed by atoms with Gasteiger partial charge in [-0.3, -0.25) is 0 Å². The third-order valence-electron chi connectivity index (χ3n) is 1.30. The van der Waals surface area contributed by atoms with Crippen LogP contribution in [0.3, 0.4) is 0 Å². The molecule has 0 spiro atoms. The maximum atomic E-state index is 5.28. The summed E-state index contributed by atoms with van der Waals surface area (Å²) < 4.78 is 5.28. The van der Waals surface area contributed by atoms with Crippen LogP contribution < -0.4 is 0 Å². The predicted molar refractivity (Wildman–Crippen MR) is 62.0 cm³/mol. The molecule has 1 rings (SSSR count). The Labute approximate surface area is 86.4 Å². The highest BCUT2D eigenvalue weighted by molar-refractivity contribution is 5.56. The van der Waals surface area contributed by atoms with Crippen LogP contribution in [0.1, 0.15) is 44.5 Å². The van der Waals surface area contributed by atoms with Crippen molar-refractivity contribution >= 4 is 12.2 Å². The van der Waals surface area contributed by atoms with Gasteiger partial charge < -0.3 is 4.42 Å². The summed E-state index contributed by atoms with van der Waals surface area (Å²) in [6.07, 6.45) is 6.72. The second kappa shape index (κ2) is 7.13. The average molecular weight is 193 g/mol. The molecule has 0 saturated heterocycles. The lowest BCUT2D eigenvalue weighted by Gasteiger charge is -1.83. The normalized spacial score (nSPS) is 9.71. The Morgan fingerprint density at radius 3 is 2.43 bits per heavy atom. The molecule has 0 atom stereocenters. The van der Waals surface area contributed by atoms with E-state index in [0.29, 0.717) is 5.89 Å². The fraction of sp³-hybridized carbons (Fsp3) is 0.417. The van der Waals surface area contributed by atoms with Crippen molar-refractivity contribution in [2.45, 2.75) is 34.1 Å². The highest BCUT2D eigenvalue weighted by Gasteiger charge is 2.02. The molecular weight excluding hydrogens is 174 g/mol. The van der Waals surface area contributed by atoms with Crippen LogP contribution in [0.15, 0.2) is 17.1 Å². The van der Waals surface area contributed by atoms with Crippen LogP contribution in [0.25, 0.3) is 12.2 Å². The maximum absolute atomic E-state index is 5.28. The van der Waals surface area contributed by atoms with Gasteiger partial charge in [0.25, 0.3) is 0 Å². The molecule has 2 heteroatoms. The van der Waals surface area contributed by atoms with E-state index in [4.69, 9.17) is 4.42 Å². The third-order valence-corrected chi connectivity index (χ3v) is 1.30. The zero-order valence-corrected chi connectivity index (χ0v) is 9.50. The van der Waals surface area contributed by atoms with Crippen LogP contribution in [0, 0.1) is 6.92 Å². The van der Waals surface area contributed by atoms with Crippen molar-refractivity contribution in [2.75, 3.05) is 0 Å². The van der Waals surface area contributed by atoms with Crippen LogP contribution in [0.4, 0.5) is 0 Å². The summed E-state index contributed by atoms with van der Waals surface area (Å²) in [5, 5.41) is 0. The van der Waals surface area contributed by atoms with Crippen molar-refractivity contribution in [1.82, 2.24) is 4.98 Å². The van der Waals surface area contributed by atoms with Crippen LogP contribution >= 0.6 is 0 Å². The minimum absolute atomic E-state index is 0.674. The first kappa shape index (κ1) is 12.7. The van der Waals surface area contributed by atoms with Gasteiger partial charge in [0.1, 0.15) is 5.69 Å². The Kier molecular flexibility index (Phi) is 6.46. The monoisotopic (exact) mass is 193 g/mol. The molecule has 0 unspecified atom stereocenters. The molecule has 0 aliphatic carbocycles. The second-order valence-corrected chi connectivity index (χ2v) is 2.89. The van der Waals surface area contributed by atoms with Gasteiger partial charge in [-0.2, -0.15) is 0 Å². The first-order valence-corrected chi connectivity index (χ1v) is 4.92. The highest BCUT2D eigenvalue weighted by atomic mass is 16.4. The van der Waals surface area contributed by atoms with Crippen LogP contribution in [0.5, 0.6) is 0 Å². The molecule has 14 heavy (non-hydrogen) atoms. The molecule has 0 fully saturated rings. The number of allylic oxidation sites excluding steroid dienone is 1. The molecule has 0 aliphatic rings. The van der Waals surface area contributed by atoms with Crippen molar-refractivity contribution in [3.63, 3.8) is 0 Å². The molecular formula is C12H19NO. The van der Waals surface area contributed by atoms with E-state index in [2.05, 4.69) is 25.4 Å². The van der Waals surface area contributed by atoms with Crippen molar-refractivity contribution in [3.8, 4) is 0 Å². The van der Waals surface area contributed by atoms with E-state index in [1.807, 2.05) is 26.0 Å². The fourth-order valence-electron chi connectivity index (χ4n) is 0.876. The summed E-state index contributed by atoms with van der Waals surface area (Å²) in [6.45, 7) is 11.6. The minimum atomic E-state index is 0.674. The highest BCUT2D eigenvalue weighted by Crippen LogP contribution is 2.12. The van der Waals surface area contributed by atoms with Crippen LogP contribution in [0.2, 0.25) is 0 Å². The smallest absolute Gasteiger partial charge is 0.192 e. The number of oxazole rings is 1. The molecule has 0 bridgehead atoms. The summed E-state index contributed by atoms with van der Waals surface area (Å²) in [4.78, 5) is 4.11. The molecule has 1 heterocycles. The van der Waals surface area contributed by atoms with Gasteiger partial charge in [0, 0.05) is 6.92 Å². The SMILES string of the molecule is C=Cc1nc(C)oc1/C=C\C.CCC. The van der Waals surface area contributed by atoms with Crippen LogP contribution in [-0.4, -0.2) is 4.98 Å². The second-order valence-electron chi connectivity index (χ2n) is 2.89. The van der Waals surface area contributed by atoms with Crippen LogP contribution in [-0.2, 0) is 0 Å². The maximum Gasteiger partial charge on any atom is 0.192 e. The predicted octanol–water partition coefficient (Wildman–Crippen LogP) is 4.08. The first-order valence-electron chi connectivity index (χ1n) is 4.92. The van der Waals surface area contributed by atoms with Gasteiger partial charge in [-0.1, -0.05) is 32.9 Å². The molecule has 0 saturated carbocycles. The Hall–Kier alpha value is -1.31. The molecule has 0 radical (unpaired) electrons. The topological polar surface area (TPSA) is 26.0 Å². The lowest BCUT2D eigenvalue weighted by molar-refractivity contribution is 0.513. The molecule has 0 N–H and O–H groups in total. The van der Waals surface area contributed by atoms with E-state index >= 15 is 0 Å². The molecule has 1 aromatic rings. The van der Waals surface area contributed by atoms with E-state index in [1.165, 1.54) is 6.42 Å². The molecule has 2 nitrogen and oxygen atoms in total. The average Bonchev–Trinajstić information content (AvgIpc) is 2.48. The summed E-state index contributed by atoms with van der Waals surface area (Å²) in [5.41, 5.74) is 0.806. The molecule has 0 amide bonds. The van der Waals surface area contributed by atoms with Crippen molar-refractivity contribution < 1.29 is 4.42 Å². The van der Waals surface area contributed by atoms with Crippen molar-refractivity contribution in [3.05, 3.63) is 30.0 Å². The largest absolute Gasteiger partial charge is 0.441 e. The molecule has 0 aliphatic heterocycles. The Balaban J connectivity index is 0.000000500. The summed E-state index contributed by atoms with van der Waals surface area (Å²) in [5.74, 6) is 1.45. The number of aromatic nitrogens is 1. The molecule has 1 aromatic heterocycles. The quantitative estimate of drug-likeness (QED) is 0.707. The Bertz CT molecular complexity index is 297. The first-order chi connectivity index (χ1) is 6.69. The van der Waals surface area contributed by atoms with Gasteiger partial charge in [0.2, 0.25) is 0 Å². The number of hydrogen-bond acceptors (Lipinski definition) is 2. The van der Waals surface area contributed by atoms with Gasteiger partial charge >= 0.3 is 0 Å². The Morgan fingerprint density at radius 2 is 2.00 bits per heavy atom. The zero-order valence-electron chi connectivity index (χ0n) is 9.50. The lowest BCUT2D eigenvalue weighted by atomic mass is 10.3. The van der Waals surface area contributed by atoms with Gasteiger partial charge in [-0.25, -0.2) is 4.98 Å². The van der Waals surface area contributed by atoms with E-state index in [-0.39, 0.29) is 0 Å². The van der Waals surface area contributed by atoms with E-state index < -0.39 is 0 Å². The van der Waals surface area contributed by atoms with Crippen molar-refractivity contribution in [2.24, 2.45) is 0 Å². The number of nitrogens with zero attached hydrogens (tertiary/aromatic N) is 1. The standard InChI is InChI=1S/C9H11NO.C3H8/c1-4-6-9-8(5-2)10-7(3)11-9;1-3-2/h4-6H,2H2,1,3H3;3H2,1-2H3/b6-4-;. The van der Waals surface area contributed by atoms with E-state index in [1.54, 1.807) is 6.08 Å². The van der Waals surface area contributed by atoms with Crippen molar-refractivity contribution in [1.29, 1.82) is 0 Å². The third kappa shape index (κ3) is 4.08. The molecule has 0 aromatic carbocycles. The van der Waals surface area contributed by atoms with Gasteiger partial charge in [0.05, 0.1) is 0 Å². The summed E-state index contributed by atoms with van der Waals surface area (Å²) >= 11 is 0. The van der Waals surface area contributed by atoms with Gasteiger partial charge in [-0.05, 0) is 19.1 Å². The van der Waals surface area contributed by atoms with E-state index in [9.17, 15) is 0 Å². The number of aryl methyl sites for hydroxylation is 1. The number of hydrogen-bond donors (Lipinski definition) is 0. The van der Waals surface area contributed by atoms with Gasteiger partial charge in [-0.15, -0.1) is 0 Å². The summed E-state index contributed by atoms with van der Waals surface area (Å²) in [7, 11) is 0. The van der Waals surface area contributed by atoms with E-state index in [0.717, 1.165) is 11.5 Å². The zero-order chi connectivity index (χ0) is 11.0.